The molecule has 1 aromatic heterocycles. The minimum atomic E-state index is -0.947. The van der Waals surface area contributed by atoms with Gasteiger partial charge in [-0.25, -0.2) is 9.97 Å². The number of hydrogen-bond donors (Lipinski definition) is 1. The molecule has 20 heavy (non-hydrogen) atoms. The number of carbonyl (C=O) groups is 1. The summed E-state index contributed by atoms with van der Waals surface area (Å²) < 4.78 is 6.11. The minimum Gasteiger partial charge on any atom is -0.496 e. The largest absolute Gasteiger partial charge is 0.496 e. The molecule has 0 saturated heterocycles. The van der Waals surface area contributed by atoms with Gasteiger partial charge in [0.25, 0.3) is 0 Å². The van der Waals surface area contributed by atoms with Crippen LogP contribution in [0.1, 0.15) is 17.3 Å². The molecule has 1 aromatic carbocycles. The molecular weight excluding hydrogens is 371 g/mol. The first kappa shape index (κ1) is 14.7. The highest BCUT2D eigenvalue weighted by Gasteiger charge is 2.24. The van der Waals surface area contributed by atoms with Crippen LogP contribution in [0.15, 0.2) is 36.7 Å². The molecule has 1 heterocycles. The molecule has 5 nitrogen and oxygen atoms in total. The fraction of sp³-hybridized carbons (Fsp3) is 0.214. The number of aromatic nitrogens is 2. The monoisotopic (exact) mass is 384 g/mol. The van der Waals surface area contributed by atoms with E-state index in [0.29, 0.717) is 18.0 Å². The van der Waals surface area contributed by atoms with Gasteiger partial charge in [0.05, 0.1) is 7.11 Å². The molecule has 0 amide bonds. The van der Waals surface area contributed by atoms with Crippen molar-refractivity contribution in [3.8, 4) is 5.75 Å². The molecule has 0 saturated carbocycles. The Morgan fingerprint density at radius 3 is 2.60 bits per heavy atom. The van der Waals surface area contributed by atoms with Crippen molar-refractivity contribution in [1.29, 1.82) is 0 Å². The van der Waals surface area contributed by atoms with Crippen molar-refractivity contribution in [3.05, 3.63) is 51.6 Å². The summed E-state index contributed by atoms with van der Waals surface area (Å²) in [4.78, 5) is 19.7. The first-order valence-corrected chi connectivity index (χ1v) is 7.02. The van der Waals surface area contributed by atoms with E-state index in [0.717, 1.165) is 9.13 Å². The predicted octanol–water partition coefficient (Wildman–Crippen LogP) is 2.50. The van der Waals surface area contributed by atoms with Gasteiger partial charge in [-0.2, -0.15) is 0 Å². The number of carboxylic acid groups (broad SMARTS) is 1. The van der Waals surface area contributed by atoms with Crippen LogP contribution in [-0.4, -0.2) is 28.2 Å². The Balaban J connectivity index is 2.30. The van der Waals surface area contributed by atoms with Gasteiger partial charge in [0, 0.05) is 16.0 Å². The summed E-state index contributed by atoms with van der Waals surface area (Å²) in [5.74, 6) is -0.756. The maximum absolute atomic E-state index is 11.5. The standard InChI is InChI=1S/C14H13IN2O3/c1-20-12-5-3-2-4-9(12)6-11(14(18)19)13-16-7-10(15)8-17-13/h2-5,7-8,11H,6H2,1H3,(H,18,19). The molecule has 2 aromatic rings. The van der Waals surface area contributed by atoms with Gasteiger partial charge < -0.3 is 9.84 Å². The lowest BCUT2D eigenvalue weighted by Gasteiger charge is -2.13. The number of methoxy groups -OCH3 is 1. The highest BCUT2D eigenvalue weighted by molar-refractivity contribution is 14.1. The highest BCUT2D eigenvalue weighted by atomic mass is 127. The van der Waals surface area contributed by atoms with Crippen LogP contribution < -0.4 is 4.74 Å². The third-order valence-corrected chi connectivity index (χ3v) is 3.42. The average Bonchev–Trinajstić information content (AvgIpc) is 2.46. The summed E-state index contributed by atoms with van der Waals surface area (Å²) in [5.41, 5.74) is 0.824. The fourth-order valence-corrected chi connectivity index (χ4v) is 2.16. The van der Waals surface area contributed by atoms with Crippen molar-refractivity contribution in [2.75, 3.05) is 7.11 Å². The number of hydrogen-bond acceptors (Lipinski definition) is 4. The molecule has 104 valence electrons. The van der Waals surface area contributed by atoms with Crippen LogP contribution in [0.4, 0.5) is 0 Å². The molecule has 1 atom stereocenters. The molecule has 1 unspecified atom stereocenters. The van der Waals surface area contributed by atoms with E-state index in [1.165, 1.54) is 0 Å². The number of carboxylic acids is 1. The molecule has 0 fully saturated rings. The summed E-state index contributed by atoms with van der Waals surface area (Å²) >= 11 is 2.08. The second-order valence-electron chi connectivity index (χ2n) is 4.17. The van der Waals surface area contributed by atoms with Gasteiger partial charge in [0.2, 0.25) is 0 Å². The van der Waals surface area contributed by atoms with Crippen LogP contribution in [0.2, 0.25) is 0 Å². The van der Waals surface area contributed by atoms with Crippen LogP contribution in [-0.2, 0) is 11.2 Å². The van der Waals surface area contributed by atoms with Crippen molar-refractivity contribution < 1.29 is 14.6 Å². The molecule has 0 bridgehead atoms. The molecule has 0 aliphatic heterocycles. The maximum Gasteiger partial charge on any atom is 0.314 e. The third kappa shape index (κ3) is 3.44. The summed E-state index contributed by atoms with van der Waals surface area (Å²) in [7, 11) is 1.57. The molecule has 0 radical (unpaired) electrons. The third-order valence-electron chi connectivity index (χ3n) is 2.87. The van der Waals surface area contributed by atoms with Crippen LogP contribution >= 0.6 is 22.6 Å². The van der Waals surface area contributed by atoms with Crippen molar-refractivity contribution >= 4 is 28.6 Å². The van der Waals surface area contributed by atoms with Gasteiger partial charge in [-0.1, -0.05) is 18.2 Å². The summed E-state index contributed by atoms with van der Waals surface area (Å²) in [6.45, 7) is 0. The number of ether oxygens (including phenoxy) is 1. The second-order valence-corrected chi connectivity index (χ2v) is 5.41. The van der Waals surface area contributed by atoms with E-state index < -0.39 is 11.9 Å². The van der Waals surface area contributed by atoms with E-state index in [1.807, 2.05) is 24.3 Å². The number of nitrogens with zero attached hydrogens (tertiary/aromatic N) is 2. The van der Waals surface area contributed by atoms with Crippen LogP contribution in [0, 0.1) is 3.57 Å². The average molecular weight is 384 g/mol. The number of benzene rings is 1. The molecule has 0 aliphatic rings. The first-order valence-electron chi connectivity index (χ1n) is 5.94. The Morgan fingerprint density at radius 1 is 1.35 bits per heavy atom. The Morgan fingerprint density at radius 2 is 2.00 bits per heavy atom. The number of halogens is 1. The maximum atomic E-state index is 11.5. The zero-order valence-corrected chi connectivity index (χ0v) is 12.9. The molecule has 1 N–H and O–H groups in total. The lowest BCUT2D eigenvalue weighted by atomic mass is 9.98. The Labute approximate surface area is 130 Å². The van der Waals surface area contributed by atoms with Crippen molar-refractivity contribution in [2.24, 2.45) is 0 Å². The number of para-hydroxylation sites is 1. The van der Waals surface area contributed by atoms with Crippen molar-refractivity contribution in [1.82, 2.24) is 9.97 Å². The van der Waals surface area contributed by atoms with E-state index >= 15 is 0 Å². The van der Waals surface area contributed by atoms with Gasteiger partial charge in [0.15, 0.2) is 0 Å². The van der Waals surface area contributed by atoms with Gasteiger partial charge in [-0.05, 0) is 40.6 Å². The van der Waals surface area contributed by atoms with E-state index in [9.17, 15) is 9.90 Å². The van der Waals surface area contributed by atoms with Crippen molar-refractivity contribution in [3.63, 3.8) is 0 Å². The lowest BCUT2D eigenvalue weighted by molar-refractivity contribution is -0.139. The zero-order valence-electron chi connectivity index (χ0n) is 10.8. The smallest absolute Gasteiger partial charge is 0.314 e. The fourth-order valence-electron chi connectivity index (χ4n) is 1.88. The van der Waals surface area contributed by atoms with Gasteiger partial charge >= 0.3 is 5.97 Å². The lowest BCUT2D eigenvalue weighted by Crippen LogP contribution is -2.17. The molecule has 0 aliphatic carbocycles. The van der Waals surface area contributed by atoms with Gasteiger partial charge in [-0.3, -0.25) is 4.79 Å². The molecule has 0 spiro atoms. The highest BCUT2D eigenvalue weighted by Crippen LogP contribution is 2.25. The zero-order chi connectivity index (χ0) is 14.5. The van der Waals surface area contributed by atoms with Crippen molar-refractivity contribution in [2.45, 2.75) is 12.3 Å². The topological polar surface area (TPSA) is 72.3 Å². The van der Waals surface area contributed by atoms with E-state index in [-0.39, 0.29) is 0 Å². The predicted molar refractivity (Wildman–Crippen MR) is 81.8 cm³/mol. The first-order chi connectivity index (χ1) is 9.61. The van der Waals surface area contributed by atoms with Gasteiger partial charge in [0.1, 0.15) is 17.5 Å². The summed E-state index contributed by atoms with van der Waals surface area (Å²) in [6.07, 6.45) is 3.52. The van der Waals surface area contributed by atoms with E-state index in [2.05, 4.69) is 32.6 Å². The quantitative estimate of drug-likeness (QED) is 0.803. The van der Waals surface area contributed by atoms with E-state index in [4.69, 9.17) is 4.74 Å². The minimum absolute atomic E-state index is 0.292. The van der Waals surface area contributed by atoms with Crippen LogP contribution in [0.25, 0.3) is 0 Å². The van der Waals surface area contributed by atoms with E-state index in [1.54, 1.807) is 19.5 Å². The number of rotatable bonds is 5. The normalized spacial score (nSPS) is 11.9. The SMILES string of the molecule is COc1ccccc1CC(C(=O)O)c1ncc(I)cn1. The number of aliphatic carboxylic acids is 1. The Bertz CT molecular complexity index is 602. The Hall–Kier alpha value is -1.70. The van der Waals surface area contributed by atoms with Gasteiger partial charge in [-0.15, -0.1) is 0 Å². The molecule has 2 rings (SSSR count). The Kier molecular flexibility index (Phi) is 4.89. The summed E-state index contributed by atoms with van der Waals surface area (Å²) in [6, 6.07) is 7.36. The van der Waals surface area contributed by atoms with Crippen LogP contribution in [0.3, 0.4) is 0 Å². The van der Waals surface area contributed by atoms with Crippen LogP contribution in [0.5, 0.6) is 5.75 Å². The molecular formula is C14H13IN2O3. The molecule has 6 heteroatoms. The summed E-state index contributed by atoms with van der Waals surface area (Å²) in [5, 5.41) is 9.40. The second kappa shape index (κ2) is 6.65.